The molecule has 0 aliphatic carbocycles. The van der Waals surface area contributed by atoms with Gasteiger partial charge in [0.15, 0.2) is 0 Å². The van der Waals surface area contributed by atoms with Gasteiger partial charge in [0.1, 0.15) is 0 Å². The molecule has 2 nitrogen and oxygen atoms in total. The number of rotatable bonds is 3. The van der Waals surface area contributed by atoms with Crippen molar-refractivity contribution in [1.29, 1.82) is 0 Å². The maximum atomic E-state index is 4.25. The summed E-state index contributed by atoms with van der Waals surface area (Å²) in [6.45, 7) is 8.79. The highest BCUT2D eigenvalue weighted by atomic mass is 15.0. The Bertz CT molecular complexity index is 235. The molecule has 0 aromatic carbocycles. The summed E-state index contributed by atoms with van der Waals surface area (Å²) in [7, 11) is 0. The highest BCUT2D eigenvalue weighted by Gasteiger charge is 2.00. The average Bonchev–Trinajstić information content (AvgIpc) is 2.37. The van der Waals surface area contributed by atoms with Crippen LogP contribution in [0.3, 0.4) is 0 Å². The Morgan fingerprint density at radius 3 is 2.91 bits per heavy atom. The molecule has 0 aliphatic heterocycles. The van der Waals surface area contributed by atoms with Gasteiger partial charge in [-0.25, -0.2) is 4.98 Å². The number of hydrogen-bond donors (Lipinski definition) is 0. The number of nitrogens with zero attached hydrogens (tertiary/aromatic N) is 2. The molecule has 0 atom stereocenters. The monoisotopic (exact) mass is 150 g/mol. The Balaban J connectivity index is 2.73. The standard InChI is InChI=1S/C9H14N2/c1-4-5-11-6-9(8(2)3)10-7-11/h4,6-8H,1,5H2,2-3H3. The van der Waals surface area contributed by atoms with Crippen LogP contribution in [0.2, 0.25) is 0 Å². The first-order chi connectivity index (χ1) is 5.24. The van der Waals surface area contributed by atoms with Crippen LogP contribution in [0.5, 0.6) is 0 Å². The molecule has 1 heterocycles. The largest absolute Gasteiger partial charge is 0.333 e. The van der Waals surface area contributed by atoms with Gasteiger partial charge in [-0.2, -0.15) is 0 Å². The zero-order chi connectivity index (χ0) is 8.27. The fourth-order valence-electron chi connectivity index (χ4n) is 0.924. The molecular weight excluding hydrogens is 136 g/mol. The minimum Gasteiger partial charge on any atom is -0.333 e. The van der Waals surface area contributed by atoms with Gasteiger partial charge in [0, 0.05) is 12.7 Å². The lowest BCUT2D eigenvalue weighted by molar-refractivity contribution is 0.808. The van der Waals surface area contributed by atoms with E-state index in [2.05, 4.69) is 31.6 Å². The Hall–Kier alpha value is -1.05. The van der Waals surface area contributed by atoms with Gasteiger partial charge in [-0.15, -0.1) is 6.58 Å². The van der Waals surface area contributed by atoms with Crippen molar-refractivity contribution in [3.05, 3.63) is 30.9 Å². The van der Waals surface area contributed by atoms with Crippen molar-refractivity contribution in [3.63, 3.8) is 0 Å². The summed E-state index contributed by atoms with van der Waals surface area (Å²) in [6.07, 6.45) is 5.77. The lowest BCUT2D eigenvalue weighted by Crippen LogP contribution is -1.89. The van der Waals surface area contributed by atoms with E-state index in [0.717, 1.165) is 12.2 Å². The fraction of sp³-hybridized carbons (Fsp3) is 0.444. The Morgan fingerprint density at radius 1 is 1.73 bits per heavy atom. The predicted octanol–water partition coefficient (Wildman–Crippen LogP) is 2.19. The second-order valence-corrected chi connectivity index (χ2v) is 2.94. The van der Waals surface area contributed by atoms with E-state index in [1.54, 1.807) is 0 Å². The third-order valence-corrected chi connectivity index (χ3v) is 1.58. The van der Waals surface area contributed by atoms with Crippen LogP contribution in [-0.4, -0.2) is 9.55 Å². The highest BCUT2D eigenvalue weighted by molar-refractivity contribution is 5.02. The number of aromatic nitrogens is 2. The lowest BCUT2D eigenvalue weighted by atomic mass is 10.2. The van der Waals surface area contributed by atoms with Crippen molar-refractivity contribution in [3.8, 4) is 0 Å². The summed E-state index contributed by atoms with van der Waals surface area (Å²) in [5, 5.41) is 0. The minimum absolute atomic E-state index is 0.515. The van der Waals surface area contributed by atoms with Gasteiger partial charge in [0.05, 0.1) is 12.0 Å². The van der Waals surface area contributed by atoms with Gasteiger partial charge < -0.3 is 4.57 Å². The molecule has 0 fully saturated rings. The maximum absolute atomic E-state index is 4.25. The quantitative estimate of drug-likeness (QED) is 0.604. The van der Waals surface area contributed by atoms with E-state index in [1.165, 1.54) is 0 Å². The summed E-state index contributed by atoms with van der Waals surface area (Å²) in [4.78, 5) is 4.25. The number of hydrogen-bond acceptors (Lipinski definition) is 1. The molecule has 0 amide bonds. The third-order valence-electron chi connectivity index (χ3n) is 1.58. The lowest BCUT2D eigenvalue weighted by Gasteiger charge is -1.96. The van der Waals surface area contributed by atoms with E-state index in [-0.39, 0.29) is 0 Å². The van der Waals surface area contributed by atoms with Crippen LogP contribution >= 0.6 is 0 Å². The van der Waals surface area contributed by atoms with E-state index in [0.29, 0.717) is 5.92 Å². The fourth-order valence-corrected chi connectivity index (χ4v) is 0.924. The van der Waals surface area contributed by atoms with Crippen molar-refractivity contribution in [2.24, 2.45) is 0 Å². The number of allylic oxidation sites excluding steroid dienone is 1. The van der Waals surface area contributed by atoms with E-state index >= 15 is 0 Å². The van der Waals surface area contributed by atoms with Gasteiger partial charge in [-0.3, -0.25) is 0 Å². The van der Waals surface area contributed by atoms with Crippen LogP contribution in [0.15, 0.2) is 25.2 Å². The first-order valence-electron chi connectivity index (χ1n) is 3.86. The molecule has 1 rings (SSSR count). The van der Waals surface area contributed by atoms with Crippen LogP contribution in [0.1, 0.15) is 25.5 Å². The Kier molecular flexibility index (Phi) is 2.47. The van der Waals surface area contributed by atoms with Gasteiger partial charge in [0.2, 0.25) is 0 Å². The molecular formula is C9H14N2. The van der Waals surface area contributed by atoms with Crippen LogP contribution in [0.4, 0.5) is 0 Å². The summed E-state index contributed by atoms with van der Waals surface area (Å²) < 4.78 is 2.03. The predicted molar refractivity (Wildman–Crippen MR) is 46.5 cm³/mol. The molecule has 60 valence electrons. The number of imidazole rings is 1. The second kappa shape index (κ2) is 3.37. The van der Waals surface area contributed by atoms with Crippen molar-refractivity contribution in [2.45, 2.75) is 26.3 Å². The van der Waals surface area contributed by atoms with Crippen LogP contribution < -0.4 is 0 Å². The minimum atomic E-state index is 0.515. The van der Waals surface area contributed by atoms with E-state index < -0.39 is 0 Å². The van der Waals surface area contributed by atoms with Gasteiger partial charge >= 0.3 is 0 Å². The van der Waals surface area contributed by atoms with E-state index in [9.17, 15) is 0 Å². The third kappa shape index (κ3) is 1.93. The zero-order valence-corrected chi connectivity index (χ0v) is 7.12. The smallest absolute Gasteiger partial charge is 0.0952 e. The molecule has 11 heavy (non-hydrogen) atoms. The average molecular weight is 150 g/mol. The first-order valence-corrected chi connectivity index (χ1v) is 3.86. The summed E-state index contributed by atoms with van der Waals surface area (Å²) in [6, 6.07) is 0. The molecule has 0 saturated heterocycles. The molecule has 0 aliphatic rings. The molecule has 0 bridgehead atoms. The Labute approximate surface area is 67.6 Å². The van der Waals surface area contributed by atoms with Crippen LogP contribution in [0, 0.1) is 0 Å². The topological polar surface area (TPSA) is 17.8 Å². The molecule has 0 radical (unpaired) electrons. The van der Waals surface area contributed by atoms with Gasteiger partial charge in [0.25, 0.3) is 0 Å². The van der Waals surface area contributed by atoms with Crippen molar-refractivity contribution in [1.82, 2.24) is 9.55 Å². The molecule has 0 N–H and O–H groups in total. The molecule has 1 aromatic rings. The maximum Gasteiger partial charge on any atom is 0.0952 e. The molecule has 1 aromatic heterocycles. The highest BCUT2D eigenvalue weighted by Crippen LogP contribution is 2.10. The van der Waals surface area contributed by atoms with E-state index in [4.69, 9.17) is 0 Å². The summed E-state index contributed by atoms with van der Waals surface area (Å²) >= 11 is 0. The van der Waals surface area contributed by atoms with Crippen molar-refractivity contribution >= 4 is 0 Å². The molecule has 0 saturated carbocycles. The first kappa shape index (κ1) is 8.05. The molecule has 2 heteroatoms. The van der Waals surface area contributed by atoms with Crippen LogP contribution in [-0.2, 0) is 6.54 Å². The van der Waals surface area contributed by atoms with Crippen LogP contribution in [0.25, 0.3) is 0 Å². The normalized spacial score (nSPS) is 10.5. The summed E-state index contributed by atoms with van der Waals surface area (Å²) in [5.74, 6) is 0.515. The molecule has 0 spiro atoms. The Morgan fingerprint density at radius 2 is 2.45 bits per heavy atom. The zero-order valence-electron chi connectivity index (χ0n) is 7.12. The van der Waals surface area contributed by atoms with Crippen molar-refractivity contribution in [2.75, 3.05) is 0 Å². The van der Waals surface area contributed by atoms with Gasteiger partial charge in [-0.1, -0.05) is 19.9 Å². The van der Waals surface area contributed by atoms with Crippen molar-refractivity contribution < 1.29 is 0 Å². The summed E-state index contributed by atoms with van der Waals surface area (Å²) in [5.41, 5.74) is 1.15. The second-order valence-electron chi connectivity index (χ2n) is 2.94. The SMILES string of the molecule is C=CCn1cnc(C(C)C)c1. The molecule has 0 unspecified atom stereocenters. The van der Waals surface area contributed by atoms with E-state index in [1.807, 2.05) is 17.0 Å². The van der Waals surface area contributed by atoms with Gasteiger partial charge in [-0.05, 0) is 5.92 Å².